The number of rotatable bonds is 2. The van der Waals surface area contributed by atoms with E-state index in [1.165, 1.54) is 0 Å². The van der Waals surface area contributed by atoms with Gasteiger partial charge in [-0.1, -0.05) is 13.8 Å². The van der Waals surface area contributed by atoms with Crippen LogP contribution in [0, 0.1) is 12.3 Å². The first kappa shape index (κ1) is 14.2. The first-order valence-electron chi connectivity index (χ1n) is 6.60. The van der Waals surface area contributed by atoms with Crippen molar-refractivity contribution < 1.29 is 0 Å². The zero-order chi connectivity index (χ0) is 14.0. The van der Waals surface area contributed by atoms with Crippen molar-refractivity contribution in [1.29, 1.82) is 5.41 Å². The number of nitrogens with zero attached hydrogens (tertiary/aromatic N) is 2. The summed E-state index contributed by atoms with van der Waals surface area (Å²) in [6.07, 6.45) is 1.12. The highest BCUT2D eigenvalue weighted by molar-refractivity contribution is 8.00. The average molecular weight is 278 g/mol. The van der Waals surface area contributed by atoms with Crippen LogP contribution in [0.1, 0.15) is 31.5 Å². The van der Waals surface area contributed by atoms with Crippen molar-refractivity contribution in [1.82, 2.24) is 4.98 Å². The Bertz CT molecular complexity index is 484. The third kappa shape index (κ3) is 3.41. The molecule has 1 aromatic rings. The zero-order valence-electron chi connectivity index (χ0n) is 11.9. The average Bonchev–Trinajstić information content (AvgIpc) is 2.49. The van der Waals surface area contributed by atoms with Gasteiger partial charge in [0.15, 0.2) is 0 Å². The molecule has 0 amide bonds. The Kier molecular flexibility index (Phi) is 4.04. The third-order valence-corrected chi connectivity index (χ3v) is 4.81. The van der Waals surface area contributed by atoms with E-state index in [2.05, 4.69) is 23.7 Å². The molecule has 1 aromatic heterocycles. The van der Waals surface area contributed by atoms with Gasteiger partial charge in [0, 0.05) is 29.3 Å². The summed E-state index contributed by atoms with van der Waals surface area (Å²) in [6.45, 7) is 8.49. The Morgan fingerprint density at radius 2 is 2.16 bits per heavy atom. The molecule has 1 aliphatic rings. The quantitative estimate of drug-likeness (QED) is 0.644. The van der Waals surface area contributed by atoms with Crippen LogP contribution in [-0.4, -0.2) is 34.4 Å². The van der Waals surface area contributed by atoms with Gasteiger partial charge in [0.2, 0.25) is 0 Å². The molecule has 1 saturated heterocycles. The van der Waals surface area contributed by atoms with E-state index in [9.17, 15) is 0 Å². The van der Waals surface area contributed by atoms with Gasteiger partial charge in [0.1, 0.15) is 11.7 Å². The lowest BCUT2D eigenvalue weighted by molar-refractivity contribution is 0.634. The molecule has 1 aliphatic heterocycles. The van der Waals surface area contributed by atoms with Crippen LogP contribution < -0.4 is 10.6 Å². The summed E-state index contributed by atoms with van der Waals surface area (Å²) in [6, 6.07) is 3.82. The van der Waals surface area contributed by atoms with Crippen LogP contribution in [0.2, 0.25) is 0 Å². The molecule has 2 rings (SSSR count). The summed E-state index contributed by atoms with van der Waals surface area (Å²) in [5.41, 5.74) is 7.39. The van der Waals surface area contributed by atoms with Gasteiger partial charge < -0.3 is 10.6 Å². The summed E-state index contributed by atoms with van der Waals surface area (Å²) in [4.78, 5) is 6.87. The van der Waals surface area contributed by atoms with Crippen LogP contribution in [0.25, 0.3) is 0 Å². The monoisotopic (exact) mass is 278 g/mol. The predicted molar refractivity (Wildman–Crippen MR) is 83.4 cm³/mol. The molecule has 104 valence electrons. The summed E-state index contributed by atoms with van der Waals surface area (Å²) < 4.78 is 0.314. The van der Waals surface area contributed by atoms with E-state index in [1.807, 2.05) is 30.8 Å². The zero-order valence-corrected chi connectivity index (χ0v) is 12.7. The topological polar surface area (TPSA) is 66.0 Å². The molecule has 0 spiro atoms. The van der Waals surface area contributed by atoms with Crippen molar-refractivity contribution in [2.24, 2.45) is 5.73 Å². The normalized spacial score (nSPS) is 19.0. The van der Waals surface area contributed by atoms with Gasteiger partial charge in [-0.15, -0.1) is 0 Å². The number of nitrogens with two attached hydrogens (primary N) is 1. The molecular weight excluding hydrogens is 256 g/mol. The third-order valence-electron chi connectivity index (χ3n) is 3.44. The molecule has 0 bridgehead atoms. The largest absolute Gasteiger partial charge is 0.384 e. The SMILES string of the molecule is Cc1ccc(C(=N)N)c(N2CCSC(C)(C)CC2)n1. The highest BCUT2D eigenvalue weighted by atomic mass is 32.2. The van der Waals surface area contributed by atoms with Gasteiger partial charge in [-0.05, 0) is 25.5 Å². The molecule has 1 fully saturated rings. The van der Waals surface area contributed by atoms with Gasteiger partial charge in [0.05, 0.1) is 5.56 Å². The smallest absolute Gasteiger partial charge is 0.139 e. The minimum absolute atomic E-state index is 0.0960. The number of aromatic nitrogens is 1. The van der Waals surface area contributed by atoms with Crippen LogP contribution >= 0.6 is 11.8 Å². The number of anilines is 1. The first-order valence-corrected chi connectivity index (χ1v) is 7.58. The lowest BCUT2D eigenvalue weighted by atomic mass is 10.1. The van der Waals surface area contributed by atoms with Crippen molar-refractivity contribution in [3.05, 3.63) is 23.4 Å². The lowest BCUT2D eigenvalue weighted by Gasteiger charge is -2.25. The summed E-state index contributed by atoms with van der Waals surface area (Å²) in [5, 5.41) is 7.70. The maximum atomic E-state index is 7.70. The fourth-order valence-corrected chi connectivity index (χ4v) is 3.33. The number of nitrogen functional groups attached to an aromatic ring is 1. The molecule has 0 aromatic carbocycles. The highest BCUT2D eigenvalue weighted by Crippen LogP contribution is 2.32. The van der Waals surface area contributed by atoms with Crippen molar-refractivity contribution >= 4 is 23.4 Å². The molecular formula is C14H22N4S. The number of pyridine rings is 1. The summed E-state index contributed by atoms with van der Waals surface area (Å²) in [5.74, 6) is 2.05. The highest BCUT2D eigenvalue weighted by Gasteiger charge is 2.25. The standard InChI is InChI=1S/C14H22N4S/c1-10-4-5-11(12(15)16)13(17-10)18-7-6-14(2,3)19-9-8-18/h4-5H,6-9H2,1-3H3,(H3,15,16). The Labute approximate surface area is 119 Å². The number of hydrogen-bond donors (Lipinski definition) is 2. The van der Waals surface area contributed by atoms with Gasteiger partial charge >= 0.3 is 0 Å². The number of aryl methyl sites for hydroxylation is 1. The maximum Gasteiger partial charge on any atom is 0.139 e. The lowest BCUT2D eigenvalue weighted by Crippen LogP contribution is -2.30. The number of amidine groups is 1. The maximum absolute atomic E-state index is 7.70. The van der Waals surface area contributed by atoms with Gasteiger partial charge in [-0.3, -0.25) is 5.41 Å². The molecule has 0 aliphatic carbocycles. The summed E-state index contributed by atoms with van der Waals surface area (Å²) >= 11 is 2.00. The van der Waals surface area contributed by atoms with Crippen LogP contribution in [0.4, 0.5) is 5.82 Å². The van der Waals surface area contributed by atoms with Crippen LogP contribution in [0.15, 0.2) is 12.1 Å². The second-order valence-corrected chi connectivity index (χ2v) is 7.38. The van der Waals surface area contributed by atoms with Crippen molar-refractivity contribution in [3.8, 4) is 0 Å². The van der Waals surface area contributed by atoms with E-state index in [-0.39, 0.29) is 5.84 Å². The van der Waals surface area contributed by atoms with E-state index in [1.54, 1.807) is 0 Å². The second-order valence-electron chi connectivity index (χ2n) is 5.58. The van der Waals surface area contributed by atoms with Gasteiger partial charge in [-0.25, -0.2) is 4.98 Å². The molecule has 4 nitrogen and oxygen atoms in total. The molecule has 0 atom stereocenters. The van der Waals surface area contributed by atoms with E-state index in [0.717, 1.165) is 42.3 Å². The fourth-order valence-electron chi connectivity index (χ4n) is 2.23. The molecule has 0 saturated carbocycles. The predicted octanol–water partition coefficient (Wildman–Crippen LogP) is 2.40. The molecule has 5 heteroatoms. The minimum atomic E-state index is 0.0960. The number of nitrogens with one attached hydrogen (secondary N) is 1. The van der Waals surface area contributed by atoms with E-state index in [0.29, 0.717) is 4.75 Å². The number of hydrogen-bond acceptors (Lipinski definition) is 4. The van der Waals surface area contributed by atoms with Crippen LogP contribution in [0.3, 0.4) is 0 Å². The second kappa shape index (κ2) is 5.41. The van der Waals surface area contributed by atoms with Crippen LogP contribution in [0.5, 0.6) is 0 Å². The Morgan fingerprint density at radius 1 is 1.42 bits per heavy atom. The molecule has 2 heterocycles. The molecule has 3 N–H and O–H groups in total. The van der Waals surface area contributed by atoms with E-state index < -0.39 is 0 Å². The van der Waals surface area contributed by atoms with Gasteiger partial charge in [0.25, 0.3) is 0 Å². The Hall–Kier alpha value is -1.23. The van der Waals surface area contributed by atoms with E-state index >= 15 is 0 Å². The molecule has 19 heavy (non-hydrogen) atoms. The fraction of sp³-hybridized carbons (Fsp3) is 0.571. The van der Waals surface area contributed by atoms with Crippen molar-refractivity contribution in [2.75, 3.05) is 23.7 Å². The van der Waals surface area contributed by atoms with Crippen molar-refractivity contribution in [2.45, 2.75) is 31.9 Å². The summed E-state index contributed by atoms with van der Waals surface area (Å²) in [7, 11) is 0. The number of thioether (sulfide) groups is 1. The van der Waals surface area contributed by atoms with Gasteiger partial charge in [-0.2, -0.15) is 11.8 Å². The minimum Gasteiger partial charge on any atom is -0.384 e. The Morgan fingerprint density at radius 3 is 2.84 bits per heavy atom. The Balaban J connectivity index is 2.30. The van der Waals surface area contributed by atoms with Crippen LogP contribution in [-0.2, 0) is 0 Å². The molecule has 0 unspecified atom stereocenters. The van der Waals surface area contributed by atoms with E-state index in [4.69, 9.17) is 11.1 Å². The van der Waals surface area contributed by atoms with Crippen molar-refractivity contribution in [3.63, 3.8) is 0 Å². The first-order chi connectivity index (χ1) is 8.89. The molecule has 0 radical (unpaired) electrons.